The lowest BCUT2D eigenvalue weighted by Gasteiger charge is -2.25. The van der Waals surface area contributed by atoms with Gasteiger partial charge in [0.05, 0.1) is 5.41 Å². The van der Waals surface area contributed by atoms with Gasteiger partial charge in [0.2, 0.25) is 17.7 Å². The number of para-hydroxylation sites is 1. The van der Waals surface area contributed by atoms with E-state index in [1.807, 2.05) is 18.2 Å². The van der Waals surface area contributed by atoms with Crippen LogP contribution < -0.4 is 5.32 Å². The number of carbonyl (C=O) groups excluding carboxylic acids is 3. The number of likely N-dealkylation sites (tertiary alicyclic amines) is 1. The lowest BCUT2D eigenvalue weighted by Crippen LogP contribution is -2.46. The van der Waals surface area contributed by atoms with Gasteiger partial charge in [-0.2, -0.15) is 0 Å². The Labute approximate surface area is 129 Å². The Kier molecular flexibility index (Phi) is 3.72. The smallest absolute Gasteiger partial charge is 0.247 e. The van der Waals surface area contributed by atoms with Crippen LogP contribution in [0.1, 0.15) is 39.0 Å². The van der Waals surface area contributed by atoms with E-state index >= 15 is 0 Å². The largest absolute Gasteiger partial charge is 0.324 e. The molecule has 1 heterocycles. The summed E-state index contributed by atoms with van der Waals surface area (Å²) < 4.78 is 0. The van der Waals surface area contributed by atoms with Crippen LogP contribution in [0.15, 0.2) is 30.3 Å². The molecule has 2 aliphatic rings. The van der Waals surface area contributed by atoms with Gasteiger partial charge < -0.3 is 5.32 Å². The van der Waals surface area contributed by atoms with Crippen molar-refractivity contribution in [3.8, 4) is 0 Å². The highest BCUT2D eigenvalue weighted by molar-refractivity contribution is 6.10. The minimum absolute atomic E-state index is 0.161. The molecule has 116 valence electrons. The van der Waals surface area contributed by atoms with Crippen molar-refractivity contribution in [1.82, 2.24) is 4.90 Å². The monoisotopic (exact) mass is 300 g/mol. The molecule has 1 N–H and O–H groups in total. The highest BCUT2D eigenvalue weighted by atomic mass is 16.2. The van der Waals surface area contributed by atoms with Crippen LogP contribution in [0, 0.1) is 5.41 Å². The summed E-state index contributed by atoms with van der Waals surface area (Å²) in [6, 6.07) is 8.27. The zero-order valence-electron chi connectivity index (χ0n) is 12.7. The number of hydrogen-bond donors (Lipinski definition) is 1. The number of hydrogen-bond acceptors (Lipinski definition) is 3. The van der Waals surface area contributed by atoms with Gasteiger partial charge >= 0.3 is 0 Å². The van der Waals surface area contributed by atoms with Gasteiger partial charge in [-0.15, -0.1) is 0 Å². The number of carbonyl (C=O) groups is 3. The first-order valence-corrected chi connectivity index (χ1v) is 7.76. The predicted octanol–water partition coefficient (Wildman–Crippen LogP) is 2.33. The minimum atomic E-state index is -0.778. The molecule has 0 bridgehead atoms. The fourth-order valence-corrected chi connectivity index (χ4v) is 3.54. The summed E-state index contributed by atoms with van der Waals surface area (Å²) >= 11 is 0. The molecule has 1 aliphatic heterocycles. The third-order valence-corrected chi connectivity index (χ3v) is 4.80. The molecule has 1 aromatic carbocycles. The second kappa shape index (κ2) is 5.55. The van der Waals surface area contributed by atoms with Crippen LogP contribution in [0.5, 0.6) is 0 Å². The molecule has 1 aliphatic carbocycles. The van der Waals surface area contributed by atoms with E-state index in [1.165, 1.54) is 4.90 Å². The molecule has 5 heteroatoms. The number of amides is 3. The van der Waals surface area contributed by atoms with Crippen molar-refractivity contribution in [3.05, 3.63) is 30.3 Å². The van der Waals surface area contributed by atoms with Crippen molar-refractivity contribution in [1.29, 1.82) is 0 Å². The third-order valence-electron chi connectivity index (χ3n) is 4.80. The van der Waals surface area contributed by atoms with Crippen LogP contribution in [0.2, 0.25) is 0 Å². The van der Waals surface area contributed by atoms with E-state index in [0.29, 0.717) is 5.69 Å². The molecule has 3 amide bonds. The van der Waals surface area contributed by atoms with E-state index in [2.05, 4.69) is 5.32 Å². The number of nitrogens with one attached hydrogen (secondary N) is 1. The third kappa shape index (κ3) is 2.40. The molecule has 3 rings (SSSR count). The molecule has 0 unspecified atom stereocenters. The van der Waals surface area contributed by atoms with Gasteiger partial charge in [-0.3, -0.25) is 19.3 Å². The van der Waals surface area contributed by atoms with Crippen LogP contribution in [0.25, 0.3) is 0 Å². The molecule has 1 saturated heterocycles. The summed E-state index contributed by atoms with van der Waals surface area (Å²) in [6.45, 7) is 1.61. The van der Waals surface area contributed by atoms with E-state index in [1.54, 1.807) is 19.1 Å². The molecule has 1 spiro atoms. The van der Waals surface area contributed by atoms with E-state index in [0.717, 1.165) is 25.7 Å². The zero-order valence-corrected chi connectivity index (χ0v) is 12.7. The second-order valence-electron chi connectivity index (χ2n) is 6.26. The standard InChI is InChI=1S/C17H20N2O3/c1-12(15(21)18-13-7-3-2-4-8-13)19-14(20)11-17(16(19)22)9-5-6-10-17/h2-4,7-8,12H,5-6,9-11H2,1H3,(H,18,21)/t12-/m1/s1. The Balaban J connectivity index is 1.74. The Morgan fingerprint density at radius 3 is 2.45 bits per heavy atom. The predicted molar refractivity (Wildman–Crippen MR) is 81.9 cm³/mol. The summed E-state index contributed by atoms with van der Waals surface area (Å²) in [7, 11) is 0. The van der Waals surface area contributed by atoms with E-state index in [-0.39, 0.29) is 24.1 Å². The van der Waals surface area contributed by atoms with Gasteiger partial charge in [-0.25, -0.2) is 0 Å². The first-order valence-electron chi connectivity index (χ1n) is 7.76. The van der Waals surface area contributed by atoms with E-state index < -0.39 is 11.5 Å². The van der Waals surface area contributed by atoms with Gasteiger partial charge in [-0.05, 0) is 31.9 Å². The topological polar surface area (TPSA) is 66.5 Å². The van der Waals surface area contributed by atoms with Gasteiger partial charge in [0.1, 0.15) is 6.04 Å². The first-order chi connectivity index (χ1) is 10.5. The number of rotatable bonds is 3. The zero-order chi connectivity index (χ0) is 15.7. The number of nitrogens with zero attached hydrogens (tertiary/aromatic N) is 1. The molecule has 1 atom stereocenters. The van der Waals surface area contributed by atoms with Gasteiger partial charge in [0.15, 0.2) is 0 Å². The van der Waals surface area contributed by atoms with Gasteiger partial charge in [0.25, 0.3) is 0 Å². The maximum atomic E-state index is 12.7. The fraction of sp³-hybridized carbons (Fsp3) is 0.471. The van der Waals surface area contributed by atoms with Crippen molar-refractivity contribution >= 4 is 23.4 Å². The molecule has 5 nitrogen and oxygen atoms in total. The highest BCUT2D eigenvalue weighted by Gasteiger charge is 2.54. The molecular weight excluding hydrogens is 280 g/mol. The molecule has 2 fully saturated rings. The second-order valence-corrected chi connectivity index (χ2v) is 6.26. The summed E-state index contributed by atoms with van der Waals surface area (Å²) in [4.78, 5) is 38.4. The van der Waals surface area contributed by atoms with Gasteiger partial charge in [0, 0.05) is 12.1 Å². The van der Waals surface area contributed by atoms with Gasteiger partial charge in [-0.1, -0.05) is 31.0 Å². The minimum Gasteiger partial charge on any atom is -0.324 e. The lowest BCUT2D eigenvalue weighted by atomic mass is 9.84. The SMILES string of the molecule is C[C@H](C(=O)Nc1ccccc1)N1C(=O)CC2(CCCC2)C1=O. The average molecular weight is 300 g/mol. The molecule has 1 aromatic rings. The molecule has 0 aromatic heterocycles. The van der Waals surface area contributed by atoms with Crippen molar-refractivity contribution in [3.63, 3.8) is 0 Å². The summed E-state index contributed by atoms with van der Waals surface area (Å²) in [5.41, 5.74) is 0.132. The van der Waals surface area contributed by atoms with Crippen molar-refractivity contribution in [2.75, 3.05) is 5.32 Å². The quantitative estimate of drug-likeness (QED) is 0.871. The maximum absolute atomic E-state index is 12.7. The summed E-state index contributed by atoms with van der Waals surface area (Å²) in [5, 5.41) is 2.75. The number of benzene rings is 1. The van der Waals surface area contributed by atoms with Crippen molar-refractivity contribution in [2.24, 2.45) is 5.41 Å². The molecule has 1 saturated carbocycles. The number of anilines is 1. The Morgan fingerprint density at radius 2 is 1.82 bits per heavy atom. The van der Waals surface area contributed by atoms with Crippen LogP contribution in [0.4, 0.5) is 5.69 Å². The maximum Gasteiger partial charge on any atom is 0.247 e. The van der Waals surface area contributed by atoms with Crippen molar-refractivity contribution < 1.29 is 14.4 Å². The van der Waals surface area contributed by atoms with Crippen LogP contribution in [0.3, 0.4) is 0 Å². The Hall–Kier alpha value is -2.17. The average Bonchev–Trinajstić information content (AvgIpc) is 3.06. The molecule has 0 radical (unpaired) electrons. The Bertz CT molecular complexity index is 606. The normalized spacial score (nSPS) is 21.4. The van der Waals surface area contributed by atoms with E-state index in [4.69, 9.17) is 0 Å². The summed E-state index contributed by atoms with van der Waals surface area (Å²) in [5.74, 6) is -0.712. The van der Waals surface area contributed by atoms with Crippen LogP contribution in [-0.2, 0) is 14.4 Å². The molecule has 22 heavy (non-hydrogen) atoms. The molecular formula is C17H20N2O3. The first kappa shape index (κ1) is 14.8. The Morgan fingerprint density at radius 1 is 1.18 bits per heavy atom. The highest BCUT2D eigenvalue weighted by Crippen LogP contribution is 2.47. The lowest BCUT2D eigenvalue weighted by molar-refractivity contribution is -0.147. The summed E-state index contributed by atoms with van der Waals surface area (Å²) in [6.07, 6.45) is 3.76. The fourth-order valence-electron chi connectivity index (χ4n) is 3.54. The number of imide groups is 1. The van der Waals surface area contributed by atoms with Crippen LogP contribution in [-0.4, -0.2) is 28.7 Å². The van der Waals surface area contributed by atoms with Crippen molar-refractivity contribution in [2.45, 2.75) is 45.1 Å². The van der Waals surface area contributed by atoms with Crippen LogP contribution >= 0.6 is 0 Å². The van der Waals surface area contributed by atoms with E-state index in [9.17, 15) is 14.4 Å².